The number of phenolic OH excluding ortho intramolecular Hbond substituents is 1. The Hall–Kier alpha value is -0.508. The fraction of sp³-hybridized carbons (Fsp3) is 0.333. The molecule has 0 amide bonds. The van der Waals surface area contributed by atoms with E-state index in [1.54, 1.807) is 6.07 Å². The van der Waals surface area contributed by atoms with Crippen LogP contribution in [0.4, 0.5) is 4.39 Å². The van der Waals surface area contributed by atoms with E-state index in [2.05, 4.69) is 14.0 Å². The van der Waals surface area contributed by atoms with Crippen molar-refractivity contribution in [3.8, 4) is 5.75 Å². The Bertz CT molecular complexity index is 247. The summed E-state index contributed by atoms with van der Waals surface area (Å²) >= 11 is 0. The first-order chi connectivity index (χ1) is 7.15. The second-order valence-corrected chi connectivity index (χ2v) is 2.45. The van der Waals surface area contributed by atoms with Crippen LogP contribution in [-0.2, 0) is 14.0 Å². The summed E-state index contributed by atoms with van der Waals surface area (Å²) in [5, 5.41) is 8.54. The number of phenols is 1. The Balaban J connectivity index is 0. The number of benzene rings is 1. The monoisotopic (exact) mass is 224 g/mol. The van der Waals surface area contributed by atoms with Crippen molar-refractivity contribution in [2.45, 2.75) is 0 Å². The molecule has 0 radical (unpaired) electrons. The molecule has 7 heteroatoms. The summed E-state index contributed by atoms with van der Waals surface area (Å²) in [5.74, 6) is -0.875. The standard InChI is InChI=1S/C6H5FO.C3H9BO3.Li.H/c7-5-3-1-2-4-6(5)8;1-5-4(6-2)7-3;;/h1-4,8H;1-3H3;;. The van der Waals surface area contributed by atoms with E-state index in [-0.39, 0.29) is 24.6 Å². The minimum atomic E-state index is -0.576. The molecule has 86 valence electrons. The van der Waals surface area contributed by atoms with Crippen LogP contribution >= 0.6 is 0 Å². The third-order valence-electron chi connectivity index (χ3n) is 1.43. The summed E-state index contributed by atoms with van der Waals surface area (Å²) in [4.78, 5) is 0. The number of hydrogen-bond acceptors (Lipinski definition) is 4. The van der Waals surface area contributed by atoms with Crippen LogP contribution in [0.1, 0.15) is 0 Å². The van der Waals surface area contributed by atoms with Crippen LogP contribution < -0.4 is 0 Å². The molecular formula is C9H15BFLiO4. The molecular weight excluding hydrogens is 209 g/mol. The normalized spacial score (nSPS) is 8.50. The zero-order valence-electron chi connectivity index (χ0n) is 8.94. The van der Waals surface area contributed by atoms with Gasteiger partial charge in [0.1, 0.15) is 0 Å². The summed E-state index contributed by atoms with van der Waals surface area (Å²) in [6.07, 6.45) is 0. The summed E-state index contributed by atoms with van der Waals surface area (Å²) < 4.78 is 25.9. The van der Waals surface area contributed by atoms with E-state index in [4.69, 9.17) is 5.11 Å². The molecule has 0 atom stereocenters. The van der Waals surface area contributed by atoms with Gasteiger partial charge >= 0.3 is 26.2 Å². The summed E-state index contributed by atoms with van der Waals surface area (Å²) in [6, 6.07) is 5.60. The van der Waals surface area contributed by atoms with Gasteiger partial charge in [-0.2, -0.15) is 0 Å². The predicted octanol–water partition coefficient (Wildman–Crippen LogP) is 0.793. The van der Waals surface area contributed by atoms with Crippen LogP contribution in [0.25, 0.3) is 0 Å². The second-order valence-electron chi connectivity index (χ2n) is 2.45. The van der Waals surface area contributed by atoms with Crippen LogP contribution in [0.5, 0.6) is 5.75 Å². The Morgan fingerprint density at radius 3 is 1.69 bits per heavy atom. The first kappa shape index (κ1) is 17.9. The van der Waals surface area contributed by atoms with Crippen molar-refractivity contribution in [1.29, 1.82) is 0 Å². The van der Waals surface area contributed by atoms with E-state index in [1.807, 2.05) is 0 Å². The second kappa shape index (κ2) is 11.0. The van der Waals surface area contributed by atoms with Gasteiger partial charge in [0.2, 0.25) is 0 Å². The van der Waals surface area contributed by atoms with Crippen molar-refractivity contribution in [1.82, 2.24) is 0 Å². The molecule has 0 bridgehead atoms. The van der Waals surface area contributed by atoms with Gasteiger partial charge in [-0.15, -0.1) is 0 Å². The van der Waals surface area contributed by atoms with Gasteiger partial charge in [0, 0.05) is 21.3 Å². The maximum absolute atomic E-state index is 12.1. The molecule has 0 saturated carbocycles. The minimum absolute atomic E-state index is 0. The molecule has 0 heterocycles. The van der Waals surface area contributed by atoms with Gasteiger partial charge in [-0.3, -0.25) is 0 Å². The molecule has 0 aliphatic heterocycles. The van der Waals surface area contributed by atoms with Crippen molar-refractivity contribution >= 4 is 26.2 Å². The van der Waals surface area contributed by atoms with Crippen LogP contribution in [0.15, 0.2) is 24.3 Å². The van der Waals surface area contributed by atoms with Gasteiger partial charge in [0.25, 0.3) is 0 Å². The molecule has 0 spiro atoms. The summed E-state index contributed by atoms with van der Waals surface area (Å²) in [5.41, 5.74) is 0. The molecule has 0 aliphatic rings. The van der Waals surface area contributed by atoms with Crippen LogP contribution in [0.2, 0.25) is 0 Å². The predicted molar refractivity (Wildman–Crippen MR) is 62.0 cm³/mol. The molecule has 1 aromatic carbocycles. The van der Waals surface area contributed by atoms with Gasteiger partial charge in [0.15, 0.2) is 11.6 Å². The van der Waals surface area contributed by atoms with Crippen molar-refractivity contribution in [2.24, 2.45) is 0 Å². The van der Waals surface area contributed by atoms with Crippen molar-refractivity contribution in [3.63, 3.8) is 0 Å². The van der Waals surface area contributed by atoms with Crippen LogP contribution in [0, 0.1) is 5.82 Å². The fourth-order valence-electron chi connectivity index (χ4n) is 0.740. The van der Waals surface area contributed by atoms with Gasteiger partial charge in [-0.05, 0) is 12.1 Å². The zero-order valence-corrected chi connectivity index (χ0v) is 8.94. The van der Waals surface area contributed by atoms with Gasteiger partial charge < -0.3 is 19.1 Å². The Labute approximate surface area is 107 Å². The van der Waals surface area contributed by atoms with Crippen molar-refractivity contribution < 1.29 is 23.5 Å². The maximum atomic E-state index is 12.1. The average molecular weight is 224 g/mol. The molecule has 0 aromatic heterocycles. The zero-order chi connectivity index (χ0) is 11.7. The third-order valence-corrected chi connectivity index (χ3v) is 1.43. The van der Waals surface area contributed by atoms with Crippen molar-refractivity contribution in [3.05, 3.63) is 30.1 Å². The van der Waals surface area contributed by atoms with Gasteiger partial charge in [-0.1, -0.05) is 12.1 Å². The van der Waals surface area contributed by atoms with E-state index in [0.717, 1.165) is 0 Å². The summed E-state index contributed by atoms with van der Waals surface area (Å²) in [7, 11) is 4.02. The molecule has 0 saturated heterocycles. The summed E-state index contributed by atoms with van der Waals surface area (Å²) in [6.45, 7) is 0. The van der Waals surface area contributed by atoms with Gasteiger partial charge in [0.05, 0.1) is 0 Å². The fourth-order valence-corrected chi connectivity index (χ4v) is 0.740. The molecule has 1 N–H and O–H groups in total. The Morgan fingerprint density at radius 2 is 1.50 bits per heavy atom. The van der Waals surface area contributed by atoms with E-state index in [0.29, 0.717) is 0 Å². The molecule has 4 nitrogen and oxygen atoms in total. The Kier molecular flexibility index (Phi) is 12.3. The van der Waals surface area contributed by atoms with Crippen molar-refractivity contribution in [2.75, 3.05) is 21.3 Å². The first-order valence-corrected chi connectivity index (χ1v) is 4.17. The first-order valence-electron chi connectivity index (χ1n) is 4.17. The van der Waals surface area contributed by atoms with E-state index in [9.17, 15) is 4.39 Å². The number of para-hydroxylation sites is 1. The number of hydrogen-bond donors (Lipinski definition) is 1. The average Bonchev–Trinajstić information content (AvgIpc) is 2.26. The molecule has 1 rings (SSSR count). The number of rotatable bonds is 3. The van der Waals surface area contributed by atoms with E-state index >= 15 is 0 Å². The number of aromatic hydroxyl groups is 1. The quantitative estimate of drug-likeness (QED) is 0.771. The van der Waals surface area contributed by atoms with E-state index < -0.39 is 13.1 Å². The molecule has 16 heavy (non-hydrogen) atoms. The molecule has 1 aromatic rings. The van der Waals surface area contributed by atoms with Crippen LogP contribution in [0.3, 0.4) is 0 Å². The topological polar surface area (TPSA) is 47.9 Å². The van der Waals surface area contributed by atoms with Gasteiger partial charge in [-0.25, -0.2) is 4.39 Å². The molecule has 0 fully saturated rings. The molecule has 0 aliphatic carbocycles. The Morgan fingerprint density at radius 1 is 1.06 bits per heavy atom. The van der Waals surface area contributed by atoms with E-state index in [1.165, 1.54) is 39.5 Å². The number of halogens is 1. The SMILES string of the molecule is COB(OC)OC.Oc1ccccc1F.[LiH]. The third kappa shape index (κ3) is 7.74. The van der Waals surface area contributed by atoms with Crippen LogP contribution in [-0.4, -0.2) is 52.6 Å². The molecule has 0 unspecified atom stereocenters.